The maximum absolute atomic E-state index is 14.2. The topological polar surface area (TPSA) is 78.7 Å². The number of benzene rings is 2. The summed E-state index contributed by atoms with van der Waals surface area (Å²) in [4.78, 5) is 29.2. The van der Waals surface area contributed by atoms with Crippen LogP contribution in [-0.2, 0) is 4.79 Å². The van der Waals surface area contributed by atoms with Gasteiger partial charge in [0.25, 0.3) is 5.91 Å². The minimum atomic E-state index is -0.574. The Bertz CT molecular complexity index is 955. The van der Waals surface area contributed by atoms with Gasteiger partial charge in [-0.15, -0.1) is 0 Å². The number of hydrogen-bond donors (Lipinski definition) is 2. The molecule has 0 bridgehead atoms. The average molecular weight is 473 g/mol. The van der Waals surface area contributed by atoms with Crippen molar-refractivity contribution < 1.29 is 14.0 Å². The van der Waals surface area contributed by atoms with Crippen LogP contribution >= 0.6 is 11.6 Å². The number of fused-ring (bicyclic) bond motifs is 1. The maximum Gasteiger partial charge on any atom is 0.258 e. The van der Waals surface area contributed by atoms with Crippen molar-refractivity contribution in [3.05, 3.63) is 70.5 Å². The van der Waals surface area contributed by atoms with E-state index in [1.807, 2.05) is 30.3 Å². The fraction of sp³-hybridized carbons (Fsp3) is 0.440. The van der Waals surface area contributed by atoms with Gasteiger partial charge in [-0.05, 0) is 36.0 Å². The Morgan fingerprint density at radius 1 is 1.06 bits per heavy atom. The highest BCUT2D eigenvalue weighted by Crippen LogP contribution is 2.33. The van der Waals surface area contributed by atoms with Crippen LogP contribution in [0.25, 0.3) is 0 Å². The van der Waals surface area contributed by atoms with E-state index in [0.717, 1.165) is 31.6 Å². The molecule has 2 aromatic carbocycles. The first-order valence-electron chi connectivity index (χ1n) is 11.5. The highest BCUT2D eigenvalue weighted by atomic mass is 35.5. The number of rotatable bonds is 8. The number of nitrogens with two attached hydrogens (primary N) is 1. The maximum atomic E-state index is 14.2. The first-order valence-corrected chi connectivity index (χ1v) is 11.8. The molecule has 176 valence electrons. The van der Waals surface area contributed by atoms with Gasteiger partial charge in [-0.2, -0.15) is 0 Å². The molecule has 3 atom stereocenters. The van der Waals surface area contributed by atoms with Crippen molar-refractivity contribution in [2.45, 2.75) is 18.9 Å². The standard InChI is InChI=1S/C25H30ClFN4O2/c26-20-7-4-8-21(27)24(20)25(33)31-15-18-13-30(14-19(18)16-31)12-10-22(29-23(32)9-11-28)17-5-2-1-3-6-17/h1-8,18-19,22H,9-16,28H2,(H,29,32)/t18-,19?,22?/m0/s1. The lowest BCUT2D eigenvalue weighted by molar-refractivity contribution is -0.121. The highest BCUT2D eigenvalue weighted by molar-refractivity contribution is 6.33. The third-order valence-electron chi connectivity index (χ3n) is 6.67. The van der Waals surface area contributed by atoms with Gasteiger partial charge in [-0.1, -0.05) is 48.0 Å². The quantitative estimate of drug-likeness (QED) is 0.619. The van der Waals surface area contributed by atoms with E-state index in [0.29, 0.717) is 37.9 Å². The molecule has 4 rings (SSSR count). The molecule has 6 nitrogen and oxygen atoms in total. The zero-order valence-electron chi connectivity index (χ0n) is 18.6. The van der Waals surface area contributed by atoms with E-state index in [1.54, 1.807) is 11.0 Å². The van der Waals surface area contributed by atoms with Gasteiger partial charge in [0.15, 0.2) is 0 Å². The summed E-state index contributed by atoms with van der Waals surface area (Å²) in [5, 5.41) is 3.27. The minimum absolute atomic E-state index is 0.0325. The molecule has 3 N–H and O–H groups in total. The Kier molecular flexibility index (Phi) is 7.63. The van der Waals surface area contributed by atoms with Gasteiger partial charge in [0.1, 0.15) is 5.82 Å². The van der Waals surface area contributed by atoms with Crippen LogP contribution in [0.3, 0.4) is 0 Å². The third-order valence-corrected chi connectivity index (χ3v) is 6.98. The number of likely N-dealkylation sites (tertiary alicyclic amines) is 2. The lowest BCUT2D eigenvalue weighted by Gasteiger charge is -2.25. The van der Waals surface area contributed by atoms with Crippen LogP contribution in [0.1, 0.15) is 34.8 Å². The first kappa shape index (κ1) is 23.7. The lowest BCUT2D eigenvalue weighted by atomic mass is 10.0. The summed E-state index contributed by atoms with van der Waals surface area (Å²) >= 11 is 6.09. The van der Waals surface area contributed by atoms with Gasteiger partial charge in [-0.3, -0.25) is 9.59 Å². The zero-order chi connectivity index (χ0) is 23.4. The first-order chi connectivity index (χ1) is 16.0. The minimum Gasteiger partial charge on any atom is -0.349 e. The van der Waals surface area contributed by atoms with Crippen molar-refractivity contribution >= 4 is 23.4 Å². The molecule has 2 amide bonds. The highest BCUT2D eigenvalue weighted by Gasteiger charge is 2.42. The fourth-order valence-corrected chi connectivity index (χ4v) is 5.26. The number of nitrogens with zero attached hydrogens (tertiary/aromatic N) is 2. The molecule has 2 fully saturated rings. The predicted molar refractivity (Wildman–Crippen MR) is 126 cm³/mol. The van der Waals surface area contributed by atoms with Gasteiger partial charge in [0.2, 0.25) is 5.91 Å². The fourth-order valence-electron chi connectivity index (χ4n) is 5.02. The van der Waals surface area contributed by atoms with E-state index in [1.165, 1.54) is 12.1 Å². The molecule has 2 aliphatic rings. The van der Waals surface area contributed by atoms with Crippen molar-refractivity contribution in [3.63, 3.8) is 0 Å². The average Bonchev–Trinajstić information content (AvgIpc) is 3.36. The molecular weight excluding hydrogens is 443 g/mol. The molecular formula is C25H30ClFN4O2. The monoisotopic (exact) mass is 472 g/mol. The summed E-state index contributed by atoms with van der Waals surface area (Å²) in [7, 11) is 0. The molecule has 2 aliphatic heterocycles. The van der Waals surface area contributed by atoms with Crippen LogP contribution in [0.5, 0.6) is 0 Å². The molecule has 33 heavy (non-hydrogen) atoms. The molecule has 0 radical (unpaired) electrons. The van der Waals surface area contributed by atoms with E-state index >= 15 is 0 Å². The molecule has 0 aliphatic carbocycles. The third kappa shape index (κ3) is 5.54. The van der Waals surface area contributed by atoms with Gasteiger partial charge in [0.05, 0.1) is 16.6 Å². The zero-order valence-corrected chi connectivity index (χ0v) is 19.3. The molecule has 2 saturated heterocycles. The van der Waals surface area contributed by atoms with Crippen LogP contribution in [0.2, 0.25) is 5.02 Å². The van der Waals surface area contributed by atoms with Gasteiger partial charge >= 0.3 is 0 Å². The molecule has 2 aromatic rings. The number of amides is 2. The smallest absolute Gasteiger partial charge is 0.258 e. The number of carbonyl (C=O) groups is 2. The number of halogens is 2. The van der Waals surface area contributed by atoms with E-state index in [2.05, 4.69) is 10.2 Å². The number of nitrogens with one attached hydrogen (secondary N) is 1. The number of carbonyl (C=O) groups excluding carboxylic acids is 2. The Morgan fingerprint density at radius 3 is 2.39 bits per heavy atom. The van der Waals surface area contributed by atoms with Crippen molar-refractivity contribution in [3.8, 4) is 0 Å². The van der Waals surface area contributed by atoms with E-state index in [9.17, 15) is 14.0 Å². The van der Waals surface area contributed by atoms with Gasteiger partial charge < -0.3 is 20.9 Å². The van der Waals surface area contributed by atoms with Crippen LogP contribution in [0, 0.1) is 17.7 Å². The van der Waals surface area contributed by atoms with Gasteiger partial charge in [0, 0.05) is 45.7 Å². The summed E-state index contributed by atoms with van der Waals surface area (Å²) in [6.07, 6.45) is 1.11. The Labute approximate surface area is 198 Å². The van der Waals surface area contributed by atoms with Crippen molar-refractivity contribution in [1.82, 2.24) is 15.1 Å². The second-order valence-electron chi connectivity index (χ2n) is 8.94. The van der Waals surface area contributed by atoms with Gasteiger partial charge in [-0.25, -0.2) is 4.39 Å². The Hall–Kier alpha value is -2.48. The molecule has 2 unspecified atom stereocenters. The predicted octanol–water partition coefficient (Wildman–Crippen LogP) is 3.08. The van der Waals surface area contributed by atoms with Crippen LogP contribution < -0.4 is 11.1 Å². The second kappa shape index (κ2) is 10.6. The summed E-state index contributed by atoms with van der Waals surface area (Å²) in [6, 6.07) is 14.2. The van der Waals surface area contributed by atoms with Crippen LogP contribution in [0.4, 0.5) is 4.39 Å². The largest absolute Gasteiger partial charge is 0.349 e. The molecule has 8 heteroatoms. The Balaban J connectivity index is 1.33. The summed E-state index contributed by atoms with van der Waals surface area (Å²) < 4.78 is 14.2. The lowest BCUT2D eigenvalue weighted by Crippen LogP contribution is -2.36. The van der Waals surface area contributed by atoms with Crippen molar-refractivity contribution in [2.24, 2.45) is 17.6 Å². The summed E-state index contributed by atoms with van der Waals surface area (Å²) in [5.41, 5.74) is 6.58. The number of hydrogen-bond acceptors (Lipinski definition) is 4. The molecule has 0 aromatic heterocycles. The summed E-state index contributed by atoms with van der Waals surface area (Å²) in [5.74, 6) is -0.214. The Morgan fingerprint density at radius 2 is 1.76 bits per heavy atom. The SMILES string of the molecule is NCCC(=O)NC(CCN1CC2CN(C(=O)c3c(F)cccc3Cl)C[C@@H]2C1)c1ccccc1. The normalized spacial score (nSPS) is 21.1. The van der Waals surface area contributed by atoms with Crippen LogP contribution in [-0.4, -0.2) is 60.9 Å². The molecule has 2 heterocycles. The summed E-state index contributed by atoms with van der Waals surface area (Å²) in [6.45, 7) is 4.17. The van der Waals surface area contributed by atoms with E-state index in [4.69, 9.17) is 17.3 Å². The van der Waals surface area contributed by atoms with Crippen molar-refractivity contribution in [2.75, 3.05) is 39.3 Å². The van der Waals surface area contributed by atoms with E-state index < -0.39 is 5.82 Å². The van der Waals surface area contributed by atoms with E-state index in [-0.39, 0.29) is 28.4 Å². The second-order valence-corrected chi connectivity index (χ2v) is 9.35. The van der Waals surface area contributed by atoms with Crippen molar-refractivity contribution in [1.29, 1.82) is 0 Å². The molecule has 0 spiro atoms. The molecule has 0 saturated carbocycles. The van der Waals surface area contributed by atoms with Crippen LogP contribution in [0.15, 0.2) is 48.5 Å².